The van der Waals surface area contributed by atoms with Crippen LogP contribution in [-0.4, -0.2) is 44.8 Å². The fraction of sp³-hybridized carbons (Fsp3) is 0.857. The number of hydrogen-bond acceptors (Lipinski definition) is 4. The summed E-state index contributed by atoms with van der Waals surface area (Å²) in [4.78, 5) is 2.05. The molecule has 1 rings (SSSR count). The minimum atomic E-state index is -3.83. The van der Waals surface area contributed by atoms with E-state index in [2.05, 4.69) is 4.72 Å². The van der Waals surface area contributed by atoms with Gasteiger partial charge in [0.05, 0.1) is 5.54 Å². The molecule has 0 unspecified atom stereocenters. The summed E-state index contributed by atoms with van der Waals surface area (Å²) in [6.07, 6.45) is 0.935. The summed E-state index contributed by atoms with van der Waals surface area (Å²) < 4.78 is 24.2. The van der Waals surface area contributed by atoms with Gasteiger partial charge < -0.3 is 10.6 Å². The molecule has 1 saturated heterocycles. The van der Waals surface area contributed by atoms with Gasteiger partial charge in [0.25, 0.3) is 10.2 Å². The molecule has 0 radical (unpaired) electrons. The monoisotopic (exact) mass is 235 g/mol. The average Bonchev–Trinajstić information content (AvgIpc) is 2.06. The van der Waals surface area contributed by atoms with E-state index in [4.69, 9.17) is 16.3 Å². The molecule has 1 fully saturated rings. The maximum atomic E-state index is 11.0. The number of hydrogen-bond donors (Lipinski definition) is 4. The molecule has 88 valence electrons. The molecule has 1 aliphatic rings. The lowest BCUT2D eigenvalue weighted by Crippen LogP contribution is -2.62. The molecule has 0 aromatic heterocycles. The molecular formula is C7H17N5O2S. The lowest BCUT2D eigenvalue weighted by atomic mass is 9.88. The number of piperidine rings is 1. The zero-order valence-electron chi connectivity index (χ0n) is 8.66. The van der Waals surface area contributed by atoms with Crippen molar-refractivity contribution >= 4 is 16.0 Å². The second kappa shape index (κ2) is 4.05. The van der Waals surface area contributed by atoms with E-state index in [1.165, 1.54) is 0 Å². The van der Waals surface area contributed by atoms with Crippen LogP contribution in [0.5, 0.6) is 0 Å². The van der Waals surface area contributed by atoms with Gasteiger partial charge in [-0.05, 0) is 19.9 Å². The Balaban J connectivity index is 2.86. The third-order valence-corrected chi connectivity index (χ3v) is 3.37. The van der Waals surface area contributed by atoms with Crippen LogP contribution >= 0.6 is 0 Å². The van der Waals surface area contributed by atoms with Gasteiger partial charge in [-0.2, -0.15) is 13.1 Å². The van der Waals surface area contributed by atoms with Gasteiger partial charge in [-0.25, -0.2) is 5.14 Å². The van der Waals surface area contributed by atoms with Gasteiger partial charge in [0, 0.05) is 13.1 Å². The highest BCUT2D eigenvalue weighted by molar-refractivity contribution is 7.87. The summed E-state index contributed by atoms with van der Waals surface area (Å²) in [5.41, 5.74) is 4.44. The molecule has 0 spiro atoms. The quantitative estimate of drug-likeness (QED) is 0.339. The minimum absolute atomic E-state index is 0.176. The lowest BCUT2D eigenvalue weighted by Gasteiger charge is -2.39. The Morgan fingerprint density at radius 3 is 2.27 bits per heavy atom. The summed E-state index contributed by atoms with van der Waals surface area (Å²) in [5.74, 6) is -0.176. The van der Waals surface area contributed by atoms with E-state index >= 15 is 0 Å². The van der Waals surface area contributed by atoms with Crippen LogP contribution in [0.25, 0.3) is 0 Å². The third kappa shape index (κ3) is 3.13. The first-order valence-electron chi connectivity index (χ1n) is 4.60. The number of amidine groups is 1. The molecule has 8 heteroatoms. The average molecular weight is 235 g/mol. The maximum Gasteiger partial charge on any atom is 0.275 e. The van der Waals surface area contributed by atoms with Crippen LogP contribution in [0.3, 0.4) is 0 Å². The van der Waals surface area contributed by atoms with E-state index in [9.17, 15) is 8.42 Å². The predicted molar refractivity (Wildman–Crippen MR) is 57.6 cm³/mol. The van der Waals surface area contributed by atoms with Crippen molar-refractivity contribution in [2.24, 2.45) is 10.9 Å². The normalized spacial score (nSPS) is 22.5. The molecule has 0 atom stereocenters. The van der Waals surface area contributed by atoms with Gasteiger partial charge in [0.15, 0.2) is 0 Å². The van der Waals surface area contributed by atoms with Crippen molar-refractivity contribution in [3.8, 4) is 0 Å². The van der Waals surface area contributed by atoms with Gasteiger partial charge >= 0.3 is 0 Å². The molecule has 15 heavy (non-hydrogen) atoms. The number of nitrogens with zero attached hydrogens (tertiary/aromatic N) is 1. The molecule has 1 aliphatic heterocycles. The van der Waals surface area contributed by atoms with E-state index < -0.39 is 15.7 Å². The highest BCUT2D eigenvalue weighted by Gasteiger charge is 2.39. The topological polar surface area (TPSA) is 125 Å². The van der Waals surface area contributed by atoms with Crippen LogP contribution in [0.4, 0.5) is 0 Å². The number of rotatable bonds is 3. The fourth-order valence-corrected chi connectivity index (χ4v) is 2.56. The summed E-state index contributed by atoms with van der Waals surface area (Å²) in [5, 5.41) is 12.4. The van der Waals surface area contributed by atoms with E-state index in [1.54, 1.807) is 0 Å². The van der Waals surface area contributed by atoms with Crippen LogP contribution in [0.1, 0.15) is 12.8 Å². The van der Waals surface area contributed by atoms with E-state index in [0.717, 1.165) is 0 Å². The molecular weight excluding hydrogens is 218 g/mol. The van der Waals surface area contributed by atoms with Crippen molar-refractivity contribution in [3.63, 3.8) is 0 Å². The molecule has 0 amide bonds. The first-order chi connectivity index (χ1) is 6.75. The van der Waals surface area contributed by atoms with Crippen molar-refractivity contribution in [2.75, 3.05) is 20.1 Å². The van der Waals surface area contributed by atoms with E-state index in [1.807, 2.05) is 11.9 Å². The maximum absolute atomic E-state index is 11.0. The van der Waals surface area contributed by atoms with Crippen molar-refractivity contribution in [3.05, 3.63) is 0 Å². The molecule has 0 bridgehead atoms. The van der Waals surface area contributed by atoms with Crippen LogP contribution in [0, 0.1) is 5.41 Å². The second-order valence-electron chi connectivity index (χ2n) is 3.95. The van der Waals surface area contributed by atoms with Crippen LogP contribution < -0.4 is 15.6 Å². The molecule has 0 aliphatic carbocycles. The molecule has 7 nitrogen and oxygen atoms in total. The molecule has 6 N–H and O–H groups in total. The Labute approximate surface area is 89.5 Å². The Bertz CT molecular complexity index is 344. The number of likely N-dealkylation sites (tertiary alicyclic amines) is 1. The molecule has 0 aromatic rings. The summed E-state index contributed by atoms with van der Waals surface area (Å²) in [6.45, 7) is 1.37. The number of nitrogens with one attached hydrogen (secondary N) is 2. The highest BCUT2D eigenvalue weighted by atomic mass is 32.2. The van der Waals surface area contributed by atoms with Gasteiger partial charge in [-0.1, -0.05) is 0 Å². The van der Waals surface area contributed by atoms with Gasteiger partial charge in [-0.15, -0.1) is 0 Å². The van der Waals surface area contributed by atoms with E-state index in [0.29, 0.717) is 25.9 Å². The lowest BCUT2D eigenvalue weighted by molar-refractivity contribution is 0.218. The predicted octanol–water partition coefficient (Wildman–Crippen LogP) is -1.82. The van der Waals surface area contributed by atoms with Crippen molar-refractivity contribution < 1.29 is 8.42 Å². The third-order valence-electron chi connectivity index (χ3n) is 2.69. The Morgan fingerprint density at radius 2 is 1.93 bits per heavy atom. The van der Waals surface area contributed by atoms with Crippen molar-refractivity contribution in [1.82, 2.24) is 9.62 Å². The Hall–Kier alpha value is -0.700. The molecule has 1 heterocycles. The van der Waals surface area contributed by atoms with Crippen LogP contribution in [-0.2, 0) is 10.2 Å². The second-order valence-corrected chi connectivity index (χ2v) is 5.24. The van der Waals surface area contributed by atoms with Gasteiger partial charge in [0.1, 0.15) is 5.84 Å². The van der Waals surface area contributed by atoms with Crippen molar-refractivity contribution in [1.29, 1.82) is 5.41 Å². The van der Waals surface area contributed by atoms with Crippen LogP contribution in [0.2, 0.25) is 0 Å². The summed E-state index contributed by atoms with van der Waals surface area (Å²) in [6, 6.07) is 0. The fourth-order valence-electron chi connectivity index (χ4n) is 1.70. The zero-order valence-corrected chi connectivity index (χ0v) is 9.47. The standard InChI is InChI=1S/C7H17N5O2S/c1-12-4-2-7(3-5-12,6(8)9)11-15(10,13)14/h11H,2-5H2,1H3,(H3,8,9)(H2,10,13,14). The number of nitrogens with two attached hydrogens (primary N) is 2. The minimum Gasteiger partial charge on any atom is -0.386 e. The molecule has 0 aromatic carbocycles. The van der Waals surface area contributed by atoms with Crippen molar-refractivity contribution in [2.45, 2.75) is 18.4 Å². The summed E-state index contributed by atoms with van der Waals surface area (Å²) >= 11 is 0. The smallest absolute Gasteiger partial charge is 0.275 e. The SMILES string of the molecule is CN1CCC(NS(N)(=O)=O)(C(=N)N)CC1. The first kappa shape index (κ1) is 12.4. The van der Waals surface area contributed by atoms with E-state index in [-0.39, 0.29) is 5.84 Å². The molecule has 0 saturated carbocycles. The summed E-state index contributed by atoms with van der Waals surface area (Å²) in [7, 11) is -1.90. The zero-order chi connectivity index (χ0) is 11.7. The first-order valence-corrected chi connectivity index (χ1v) is 6.14. The van der Waals surface area contributed by atoms with Gasteiger partial charge in [0.2, 0.25) is 0 Å². The highest BCUT2D eigenvalue weighted by Crippen LogP contribution is 2.21. The Kier molecular flexibility index (Phi) is 3.34. The van der Waals surface area contributed by atoms with Crippen LogP contribution in [0.15, 0.2) is 0 Å². The van der Waals surface area contributed by atoms with Gasteiger partial charge in [-0.3, -0.25) is 5.41 Å². The Morgan fingerprint density at radius 1 is 1.47 bits per heavy atom. The largest absolute Gasteiger partial charge is 0.386 e.